The number of carbonyl (C=O) groups is 1. The zero-order valence-corrected chi connectivity index (χ0v) is 18.7. The molecule has 0 heterocycles. The van der Waals surface area contributed by atoms with Crippen molar-refractivity contribution in [1.29, 1.82) is 0 Å². The fraction of sp³-hybridized carbons (Fsp3) is 0.409. The number of ether oxygens (including phenoxy) is 1. The molecule has 0 radical (unpaired) electrons. The largest absolute Gasteiger partial charge is 0.496 e. The Kier molecular flexibility index (Phi) is 7.30. The van der Waals surface area contributed by atoms with Crippen molar-refractivity contribution >= 4 is 21.6 Å². The summed E-state index contributed by atoms with van der Waals surface area (Å²) in [5.74, 6) is 0.726. The van der Waals surface area contributed by atoms with Gasteiger partial charge in [-0.3, -0.25) is 9.52 Å². The number of amides is 1. The van der Waals surface area contributed by atoms with Crippen LogP contribution in [0.25, 0.3) is 0 Å². The molecule has 2 aromatic carbocycles. The number of anilines is 1. The first-order valence-electron chi connectivity index (χ1n) is 9.65. The van der Waals surface area contributed by atoms with Crippen LogP contribution in [0.5, 0.6) is 5.75 Å². The highest BCUT2D eigenvalue weighted by Crippen LogP contribution is 2.32. The second kappa shape index (κ2) is 9.31. The van der Waals surface area contributed by atoms with Crippen molar-refractivity contribution in [2.45, 2.75) is 45.4 Å². The SMILES string of the molecule is COc1cc(C)c(S(=O)(=O)Nc2ccccc2C(=O)NCC(C)C)cc1C(C)C. The van der Waals surface area contributed by atoms with Gasteiger partial charge in [-0.1, -0.05) is 39.8 Å². The van der Waals surface area contributed by atoms with Crippen LogP contribution in [0.15, 0.2) is 41.3 Å². The van der Waals surface area contributed by atoms with Crippen molar-refractivity contribution in [3.63, 3.8) is 0 Å². The highest BCUT2D eigenvalue weighted by Gasteiger charge is 2.23. The maximum atomic E-state index is 13.2. The molecule has 2 aromatic rings. The Labute approximate surface area is 173 Å². The number of methoxy groups -OCH3 is 1. The van der Waals surface area contributed by atoms with Crippen molar-refractivity contribution in [3.05, 3.63) is 53.1 Å². The average molecular weight is 419 g/mol. The van der Waals surface area contributed by atoms with Gasteiger partial charge in [-0.2, -0.15) is 0 Å². The summed E-state index contributed by atoms with van der Waals surface area (Å²) in [5.41, 5.74) is 1.91. The minimum Gasteiger partial charge on any atom is -0.496 e. The average Bonchev–Trinajstić information content (AvgIpc) is 2.65. The number of hydrogen-bond acceptors (Lipinski definition) is 4. The summed E-state index contributed by atoms with van der Waals surface area (Å²) in [7, 11) is -2.33. The van der Waals surface area contributed by atoms with Crippen molar-refractivity contribution in [2.24, 2.45) is 5.92 Å². The first-order chi connectivity index (χ1) is 13.6. The Balaban J connectivity index is 2.43. The molecule has 0 fully saturated rings. The summed E-state index contributed by atoms with van der Waals surface area (Å²) >= 11 is 0. The molecule has 158 valence electrons. The topological polar surface area (TPSA) is 84.5 Å². The molecule has 2 N–H and O–H groups in total. The molecule has 2 rings (SSSR count). The maximum Gasteiger partial charge on any atom is 0.262 e. The number of rotatable bonds is 8. The molecule has 29 heavy (non-hydrogen) atoms. The predicted molar refractivity (Wildman–Crippen MR) is 116 cm³/mol. The van der Waals surface area contributed by atoms with Crippen molar-refractivity contribution < 1.29 is 17.9 Å². The van der Waals surface area contributed by atoms with Crippen LogP contribution in [0.2, 0.25) is 0 Å². The zero-order chi connectivity index (χ0) is 21.8. The Hall–Kier alpha value is -2.54. The summed E-state index contributed by atoms with van der Waals surface area (Å²) in [5, 5.41) is 2.82. The zero-order valence-electron chi connectivity index (χ0n) is 17.9. The van der Waals surface area contributed by atoms with Gasteiger partial charge >= 0.3 is 0 Å². The van der Waals surface area contributed by atoms with Gasteiger partial charge in [0.2, 0.25) is 0 Å². The highest BCUT2D eigenvalue weighted by atomic mass is 32.2. The number of sulfonamides is 1. The van der Waals surface area contributed by atoms with E-state index in [1.54, 1.807) is 50.4 Å². The van der Waals surface area contributed by atoms with Crippen LogP contribution in [0.3, 0.4) is 0 Å². The fourth-order valence-corrected chi connectivity index (χ4v) is 4.30. The van der Waals surface area contributed by atoms with E-state index in [2.05, 4.69) is 10.0 Å². The van der Waals surface area contributed by atoms with Gasteiger partial charge in [0.25, 0.3) is 15.9 Å². The van der Waals surface area contributed by atoms with Crippen molar-refractivity contribution in [3.8, 4) is 5.75 Å². The molecule has 6 nitrogen and oxygen atoms in total. The molecule has 0 saturated heterocycles. The van der Waals surface area contributed by atoms with E-state index >= 15 is 0 Å². The van der Waals surface area contributed by atoms with Gasteiger partial charge in [-0.05, 0) is 54.2 Å². The number of aryl methyl sites for hydroxylation is 1. The number of nitrogens with one attached hydrogen (secondary N) is 2. The van der Waals surface area contributed by atoms with Crippen LogP contribution in [0.1, 0.15) is 55.1 Å². The summed E-state index contributed by atoms with van der Waals surface area (Å²) in [6.07, 6.45) is 0. The number of para-hydroxylation sites is 1. The molecule has 1 amide bonds. The second-order valence-electron chi connectivity index (χ2n) is 7.77. The van der Waals surface area contributed by atoms with Crippen molar-refractivity contribution in [1.82, 2.24) is 5.32 Å². The van der Waals surface area contributed by atoms with Crippen LogP contribution >= 0.6 is 0 Å². The fourth-order valence-electron chi connectivity index (χ4n) is 2.96. The van der Waals surface area contributed by atoms with Crippen LogP contribution in [-0.4, -0.2) is 28.0 Å². The van der Waals surface area contributed by atoms with Crippen molar-refractivity contribution in [2.75, 3.05) is 18.4 Å². The van der Waals surface area contributed by atoms with Gasteiger partial charge < -0.3 is 10.1 Å². The Bertz CT molecular complexity index is 982. The van der Waals surface area contributed by atoms with Gasteiger partial charge in [0.1, 0.15) is 5.75 Å². The van der Waals surface area contributed by atoms with E-state index < -0.39 is 10.0 Å². The third-order valence-corrected chi connectivity index (χ3v) is 6.03. The normalized spacial score (nSPS) is 11.6. The van der Waals surface area contributed by atoms with E-state index in [1.807, 2.05) is 27.7 Å². The standard InChI is InChI=1S/C22H30N2O4S/c1-14(2)13-23-22(25)17-9-7-8-10-19(17)24-29(26,27)21-12-18(15(3)4)20(28-6)11-16(21)5/h7-12,14-15,24H,13H2,1-6H3,(H,23,25). The molecule has 0 aromatic heterocycles. The van der Waals surface area contributed by atoms with Crippen LogP contribution in [0.4, 0.5) is 5.69 Å². The molecule has 0 bridgehead atoms. The second-order valence-corrected chi connectivity index (χ2v) is 9.42. The molecule has 0 unspecified atom stereocenters. The molecule has 7 heteroatoms. The molecular formula is C22H30N2O4S. The number of benzene rings is 2. The molecule has 0 aliphatic heterocycles. The molecule has 0 saturated carbocycles. The van der Waals surface area contributed by atoms with E-state index in [1.165, 1.54) is 0 Å². The van der Waals surface area contributed by atoms with Crippen LogP contribution in [-0.2, 0) is 10.0 Å². The molecule has 0 aliphatic rings. The maximum absolute atomic E-state index is 13.2. The lowest BCUT2D eigenvalue weighted by Gasteiger charge is -2.18. The Morgan fingerprint density at radius 3 is 2.34 bits per heavy atom. The summed E-state index contributed by atoms with van der Waals surface area (Å²) in [6.45, 7) is 10.2. The van der Waals surface area contributed by atoms with E-state index in [-0.39, 0.29) is 28.0 Å². The van der Waals surface area contributed by atoms with Gasteiger partial charge in [-0.15, -0.1) is 0 Å². The van der Waals surface area contributed by atoms with Crippen LogP contribution in [0, 0.1) is 12.8 Å². The van der Waals surface area contributed by atoms with E-state index in [0.717, 1.165) is 5.56 Å². The summed E-state index contributed by atoms with van der Waals surface area (Å²) < 4.78 is 34.3. The quantitative estimate of drug-likeness (QED) is 0.669. The summed E-state index contributed by atoms with van der Waals surface area (Å²) in [4.78, 5) is 12.7. The smallest absolute Gasteiger partial charge is 0.262 e. The molecule has 0 atom stereocenters. The van der Waals surface area contributed by atoms with Gasteiger partial charge in [0.05, 0.1) is 23.3 Å². The van der Waals surface area contributed by atoms with E-state index in [9.17, 15) is 13.2 Å². The monoisotopic (exact) mass is 418 g/mol. The van der Waals surface area contributed by atoms with Crippen LogP contribution < -0.4 is 14.8 Å². The lowest BCUT2D eigenvalue weighted by atomic mass is 10.0. The van der Waals surface area contributed by atoms with Gasteiger partial charge in [-0.25, -0.2) is 8.42 Å². The third-order valence-electron chi connectivity index (χ3n) is 4.53. The number of hydrogen-bond donors (Lipinski definition) is 2. The highest BCUT2D eigenvalue weighted by molar-refractivity contribution is 7.92. The molecular weight excluding hydrogens is 388 g/mol. The Morgan fingerprint density at radius 1 is 1.10 bits per heavy atom. The minimum atomic E-state index is -3.90. The first kappa shape index (κ1) is 22.7. The first-order valence-corrected chi connectivity index (χ1v) is 11.1. The summed E-state index contributed by atoms with van der Waals surface area (Å²) in [6, 6.07) is 9.96. The Morgan fingerprint density at radius 2 is 1.76 bits per heavy atom. The minimum absolute atomic E-state index is 0.0913. The molecule has 0 spiro atoms. The number of carbonyl (C=O) groups excluding carboxylic acids is 1. The van der Waals surface area contributed by atoms with E-state index in [4.69, 9.17) is 4.74 Å². The van der Waals surface area contributed by atoms with Gasteiger partial charge in [0, 0.05) is 6.54 Å². The lowest BCUT2D eigenvalue weighted by Crippen LogP contribution is -2.28. The van der Waals surface area contributed by atoms with E-state index in [0.29, 0.717) is 23.8 Å². The third kappa shape index (κ3) is 5.50. The molecule has 0 aliphatic carbocycles. The predicted octanol–water partition coefficient (Wildman–Crippen LogP) is 4.31. The lowest BCUT2D eigenvalue weighted by molar-refractivity contribution is 0.0950. The van der Waals surface area contributed by atoms with Gasteiger partial charge in [0.15, 0.2) is 0 Å².